The van der Waals surface area contributed by atoms with Gasteiger partial charge in [-0.15, -0.1) is 0 Å². The Bertz CT molecular complexity index is 1240. The molecule has 0 bridgehead atoms. The fraction of sp³-hybridized carbons (Fsp3) is 0.348. The molecular weight excluding hydrogens is 406 g/mol. The number of rotatable bonds is 5. The van der Waals surface area contributed by atoms with E-state index >= 15 is 0 Å². The van der Waals surface area contributed by atoms with Crippen molar-refractivity contribution in [2.75, 3.05) is 11.9 Å². The first-order chi connectivity index (χ1) is 15.6. The summed E-state index contributed by atoms with van der Waals surface area (Å²) in [6.07, 6.45) is 12.4. The summed E-state index contributed by atoms with van der Waals surface area (Å²) < 4.78 is 3.51. The van der Waals surface area contributed by atoms with Crippen LogP contribution >= 0.6 is 0 Å². The summed E-state index contributed by atoms with van der Waals surface area (Å²) in [5.74, 6) is 0.0675. The number of carbonyl (C=O) groups is 1. The molecule has 2 N–H and O–H groups in total. The van der Waals surface area contributed by atoms with Crippen LogP contribution in [0.5, 0.6) is 0 Å². The van der Waals surface area contributed by atoms with Gasteiger partial charge in [-0.3, -0.25) is 14.5 Å². The van der Waals surface area contributed by atoms with E-state index in [2.05, 4.69) is 20.4 Å². The van der Waals surface area contributed by atoms with Crippen LogP contribution in [0.4, 0.5) is 5.69 Å². The number of amides is 1. The average Bonchev–Trinajstić information content (AvgIpc) is 3.44. The number of nitrogens with zero attached hydrogens (tertiary/aromatic N) is 6. The van der Waals surface area contributed by atoms with Crippen molar-refractivity contribution in [1.82, 2.24) is 29.4 Å². The Balaban J connectivity index is 1.47. The Hall–Kier alpha value is -3.59. The van der Waals surface area contributed by atoms with Crippen LogP contribution in [0, 0.1) is 12.8 Å². The minimum atomic E-state index is -0.296. The number of aryl methyl sites for hydroxylation is 1. The number of aromatic nitrogens is 6. The lowest BCUT2D eigenvalue weighted by molar-refractivity contribution is 0.102. The molecule has 1 amide bonds. The number of fused-ring (bicyclic) bond motifs is 1. The molecule has 5 rings (SSSR count). The highest BCUT2D eigenvalue weighted by molar-refractivity contribution is 6.09. The smallest absolute Gasteiger partial charge is 0.261 e. The summed E-state index contributed by atoms with van der Waals surface area (Å²) in [6.45, 7) is 2.22. The summed E-state index contributed by atoms with van der Waals surface area (Å²) in [6, 6.07) is 5.88. The Morgan fingerprint density at radius 3 is 2.78 bits per heavy atom. The lowest BCUT2D eigenvalue weighted by atomic mass is 9.87. The van der Waals surface area contributed by atoms with Crippen molar-refractivity contribution >= 4 is 17.2 Å². The lowest BCUT2D eigenvalue weighted by Crippen LogP contribution is -2.20. The van der Waals surface area contributed by atoms with Crippen LogP contribution in [0.3, 0.4) is 0 Å². The second-order valence-corrected chi connectivity index (χ2v) is 8.35. The van der Waals surface area contributed by atoms with Crippen LogP contribution in [0.2, 0.25) is 0 Å². The SMILES string of the molecule is Cc1ccc(-c2nn([C@H]3CC[C@H](CO)CC3)cc2NC(=O)c2cnn3cccnc23)nc1. The van der Waals surface area contributed by atoms with Crippen molar-refractivity contribution < 1.29 is 9.90 Å². The molecule has 32 heavy (non-hydrogen) atoms. The molecule has 1 fully saturated rings. The molecule has 4 aromatic heterocycles. The van der Waals surface area contributed by atoms with Crippen molar-refractivity contribution in [3.05, 3.63) is 60.3 Å². The van der Waals surface area contributed by atoms with E-state index in [1.165, 1.54) is 6.20 Å². The quantitative estimate of drug-likeness (QED) is 0.502. The largest absolute Gasteiger partial charge is 0.396 e. The second kappa shape index (κ2) is 8.51. The molecular formula is C23H25N7O2. The van der Waals surface area contributed by atoms with Crippen LogP contribution in [0.25, 0.3) is 17.0 Å². The third-order valence-corrected chi connectivity index (χ3v) is 6.11. The molecule has 1 aliphatic carbocycles. The minimum absolute atomic E-state index is 0.228. The molecule has 9 heteroatoms. The molecule has 0 saturated heterocycles. The van der Waals surface area contributed by atoms with Crippen LogP contribution in [0.1, 0.15) is 47.6 Å². The predicted octanol–water partition coefficient (Wildman–Crippen LogP) is 3.27. The Morgan fingerprint density at radius 2 is 2.03 bits per heavy atom. The monoisotopic (exact) mass is 431 g/mol. The minimum Gasteiger partial charge on any atom is -0.396 e. The maximum Gasteiger partial charge on any atom is 0.261 e. The lowest BCUT2D eigenvalue weighted by Gasteiger charge is -2.27. The number of carbonyl (C=O) groups excluding carboxylic acids is 1. The van der Waals surface area contributed by atoms with Crippen molar-refractivity contribution in [3.63, 3.8) is 0 Å². The van der Waals surface area contributed by atoms with Gasteiger partial charge in [-0.05, 0) is 56.2 Å². The van der Waals surface area contributed by atoms with Gasteiger partial charge < -0.3 is 10.4 Å². The molecule has 9 nitrogen and oxygen atoms in total. The van der Waals surface area contributed by atoms with Gasteiger partial charge in [-0.2, -0.15) is 10.2 Å². The zero-order chi connectivity index (χ0) is 22.1. The van der Waals surface area contributed by atoms with Gasteiger partial charge in [-0.1, -0.05) is 6.07 Å². The number of aliphatic hydroxyl groups excluding tert-OH is 1. The molecule has 0 aliphatic heterocycles. The van der Waals surface area contributed by atoms with E-state index in [9.17, 15) is 9.90 Å². The normalized spacial score (nSPS) is 18.7. The highest BCUT2D eigenvalue weighted by Crippen LogP contribution is 2.34. The van der Waals surface area contributed by atoms with Gasteiger partial charge >= 0.3 is 0 Å². The first-order valence-corrected chi connectivity index (χ1v) is 10.8. The summed E-state index contributed by atoms with van der Waals surface area (Å²) >= 11 is 0. The highest BCUT2D eigenvalue weighted by atomic mass is 16.3. The van der Waals surface area contributed by atoms with Gasteiger partial charge in [0.2, 0.25) is 0 Å². The van der Waals surface area contributed by atoms with E-state index in [1.807, 2.05) is 29.9 Å². The van der Waals surface area contributed by atoms with Gasteiger partial charge in [-0.25, -0.2) is 9.50 Å². The number of pyridine rings is 1. The fourth-order valence-corrected chi connectivity index (χ4v) is 4.24. The molecule has 0 radical (unpaired) electrons. The molecule has 0 spiro atoms. The third-order valence-electron chi connectivity index (χ3n) is 6.11. The van der Waals surface area contributed by atoms with E-state index < -0.39 is 0 Å². The maximum atomic E-state index is 13.1. The Kier molecular flexibility index (Phi) is 5.40. The Labute approximate surface area is 185 Å². The molecule has 4 aromatic rings. The first kappa shape index (κ1) is 20.3. The zero-order valence-electron chi connectivity index (χ0n) is 17.8. The van der Waals surface area contributed by atoms with Gasteiger partial charge in [0.15, 0.2) is 5.65 Å². The fourth-order valence-electron chi connectivity index (χ4n) is 4.24. The van der Waals surface area contributed by atoms with Gasteiger partial charge in [0, 0.05) is 31.4 Å². The summed E-state index contributed by atoms with van der Waals surface area (Å²) in [5.41, 5.74) is 3.88. The van der Waals surface area contributed by atoms with Crippen molar-refractivity contribution in [2.45, 2.75) is 38.6 Å². The third kappa shape index (κ3) is 3.87. The number of aliphatic hydroxyl groups is 1. The highest BCUT2D eigenvalue weighted by Gasteiger charge is 2.25. The molecule has 1 saturated carbocycles. The summed E-state index contributed by atoms with van der Waals surface area (Å²) in [4.78, 5) is 21.9. The Morgan fingerprint density at radius 1 is 1.19 bits per heavy atom. The number of anilines is 1. The molecule has 164 valence electrons. The summed E-state index contributed by atoms with van der Waals surface area (Å²) in [7, 11) is 0. The van der Waals surface area contributed by atoms with E-state index in [-0.39, 0.29) is 18.6 Å². The molecule has 4 heterocycles. The molecule has 0 atom stereocenters. The van der Waals surface area contributed by atoms with Crippen molar-refractivity contribution in [2.24, 2.45) is 5.92 Å². The zero-order valence-corrected chi connectivity index (χ0v) is 17.8. The van der Waals surface area contributed by atoms with Crippen LogP contribution in [0.15, 0.2) is 49.2 Å². The van der Waals surface area contributed by atoms with E-state index in [0.717, 1.165) is 31.2 Å². The number of hydrogen-bond acceptors (Lipinski definition) is 6. The topological polar surface area (TPSA) is 110 Å². The standard InChI is InChI=1S/C23H25N7O2/c1-15-3-8-19(25-11-15)21-20(13-30(28-21)17-6-4-16(14-31)5-7-17)27-23(32)18-12-26-29-10-2-9-24-22(18)29/h2-3,8-13,16-17,31H,4-7,14H2,1H3,(H,27,32)/t16-,17-. The average molecular weight is 432 g/mol. The maximum absolute atomic E-state index is 13.1. The molecule has 1 aliphatic rings. The predicted molar refractivity (Wildman–Crippen MR) is 119 cm³/mol. The van der Waals surface area contributed by atoms with Crippen molar-refractivity contribution in [3.8, 4) is 11.4 Å². The molecule has 0 unspecified atom stereocenters. The number of hydrogen-bond donors (Lipinski definition) is 2. The van der Waals surface area contributed by atoms with Gasteiger partial charge in [0.25, 0.3) is 5.91 Å². The van der Waals surface area contributed by atoms with Crippen LogP contribution < -0.4 is 5.32 Å². The van der Waals surface area contributed by atoms with Crippen LogP contribution in [-0.2, 0) is 0 Å². The van der Waals surface area contributed by atoms with Crippen LogP contribution in [-0.4, -0.2) is 47.0 Å². The summed E-state index contributed by atoms with van der Waals surface area (Å²) in [5, 5.41) is 21.5. The van der Waals surface area contributed by atoms with Gasteiger partial charge in [0.1, 0.15) is 11.3 Å². The number of nitrogens with one attached hydrogen (secondary N) is 1. The molecule has 0 aromatic carbocycles. The van der Waals surface area contributed by atoms with Crippen molar-refractivity contribution in [1.29, 1.82) is 0 Å². The van der Waals surface area contributed by atoms with E-state index in [1.54, 1.807) is 29.2 Å². The van der Waals surface area contributed by atoms with E-state index in [0.29, 0.717) is 34.2 Å². The van der Waals surface area contributed by atoms with Gasteiger partial charge in [0.05, 0.1) is 23.6 Å². The first-order valence-electron chi connectivity index (χ1n) is 10.8. The van der Waals surface area contributed by atoms with E-state index in [4.69, 9.17) is 5.10 Å². The second-order valence-electron chi connectivity index (χ2n) is 8.35.